The van der Waals surface area contributed by atoms with Crippen molar-refractivity contribution in [3.05, 3.63) is 12.7 Å². The highest BCUT2D eigenvalue weighted by Gasteiger charge is 2.46. The molecule has 28 heavy (non-hydrogen) atoms. The topological polar surface area (TPSA) is 217 Å². The monoisotopic (exact) mass is 399 g/mol. The normalized spacial score (nSPS) is 28.4. The number of carbonyl (C=O) groups excluding carboxylic acids is 1. The van der Waals surface area contributed by atoms with E-state index in [1.807, 2.05) is 0 Å². The maximum absolute atomic E-state index is 12.1. The van der Waals surface area contributed by atoms with E-state index in [4.69, 9.17) is 15.6 Å². The molecule has 0 bridgehead atoms. The number of carbonyl (C=O) groups is 1. The molecule has 0 spiro atoms. The van der Waals surface area contributed by atoms with Crippen LogP contribution < -0.4 is 5.73 Å². The van der Waals surface area contributed by atoms with Crippen LogP contribution in [0, 0.1) is 0 Å². The Kier molecular flexibility index (Phi) is 5.85. The number of nitrogens with zero attached hydrogens (tertiary/aromatic N) is 4. The lowest BCUT2D eigenvalue weighted by Gasteiger charge is -2.22. The van der Waals surface area contributed by atoms with Crippen molar-refractivity contribution in [1.82, 2.24) is 19.5 Å². The van der Waals surface area contributed by atoms with Crippen LogP contribution in [0.3, 0.4) is 0 Å². The van der Waals surface area contributed by atoms with Gasteiger partial charge in [-0.25, -0.2) is 15.0 Å². The van der Waals surface area contributed by atoms with E-state index in [1.54, 1.807) is 0 Å². The van der Waals surface area contributed by atoms with E-state index in [-0.39, 0.29) is 17.0 Å². The molecule has 2 aromatic rings. The summed E-state index contributed by atoms with van der Waals surface area (Å²) < 4.78 is 6.89. The van der Waals surface area contributed by atoms with Crippen LogP contribution in [0.1, 0.15) is 12.6 Å². The van der Waals surface area contributed by atoms with Gasteiger partial charge in [-0.3, -0.25) is 9.36 Å². The molecule has 0 saturated carbocycles. The number of nitrogen functional groups attached to an aromatic ring is 1. The Morgan fingerprint density at radius 3 is 2.61 bits per heavy atom. The van der Waals surface area contributed by atoms with Crippen molar-refractivity contribution in [1.29, 1.82) is 0 Å². The fraction of sp³-hybridized carbons (Fsp3) is 0.600. The molecule has 0 radical (unpaired) electrons. The molecule has 13 heteroatoms. The Hall–Kier alpha value is -2.26. The Bertz CT molecular complexity index is 847. The molecule has 1 aliphatic rings. The quantitative estimate of drug-likeness (QED) is 0.237. The maximum atomic E-state index is 12.1. The van der Waals surface area contributed by atoms with Gasteiger partial charge in [0, 0.05) is 6.42 Å². The van der Waals surface area contributed by atoms with E-state index < -0.39 is 61.7 Å². The first-order chi connectivity index (χ1) is 13.3. The zero-order chi connectivity index (χ0) is 20.6. The highest BCUT2D eigenvalue weighted by atomic mass is 16.6. The number of anilines is 1. The molecular formula is C15H21N5O8. The molecule has 3 unspecified atom stereocenters. The number of aliphatic hydroxyl groups excluding tert-OH is 6. The lowest BCUT2D eigenvalue weighted by atomic mass is 9.98. The summed E-state index contributed by atoms with van der Waals surface area (Å²) in [6.07, 6.45) is -8.99. The molecular weight excluding hydrogens is 378 g/mol. The summed E-state index contributed by atoms with van der Waals surface area (Å²) in [6, 6.07) is 0. The summed E-state index contributed by atoms with van der Waals surface area (Å²) in [5, 5.41) is 58.1. The molecule has 0 aliphatic carbocycles. The van der Waals surface area contributed by atoms with Crippen LogP contribution in [0.2, 0.25) is 0 Å². The van der Waals surface area contributed by atoms with Gasteiger partial charge in [0.15, 0.2) is 23.5 Å². The number of ether oxygens (including phenoxy) is 1. The number of nitrogens with two attached hydrogens (primary N) is 1. The number of hydrogen-bond donors (Lipinski definition) is 7. The average molecular weight is 399 g/mol. The second-order valence-electron chi connectivity index (χ2n) is 6.49. The summed E-state index contributed by atoms with van der Waals surface area (Å²) in [4.78, 5) is 24.0. The van der Waals surface area contributed by atoms with Crippen LogP contribution in [-0.2, 0) is 9.53 Å². The van der Waals surface area contributed by atoms with Crippen LogP contribution in [0.25, 0.3) is 11.2 Å². The van der Waals surface area contributed by atoms with E-state index in [0.717, 1.165) is 0 Å². The fourth-order valence-electron chi connectivity index (χ4n) is 3.01. The SMILES string of the molecule is Nc1ncnc2c1ncn2[C@@H]1O[C@H](CC(=O)C(O)C(O)C(O)CO)[C@@H](O)[C@H]1O. The number of aromatic nitrogens is 4. The van der Waals surface area contributed by atoms with Crippen molar-refractivity contribution < 1.29 is 40.2 Å². The minimum absolute atomic E-state index is 0.114. The molecule has 7 atom stereocenters. The minimum Gasteiger partial charge on any atom is -0.394 e. The van der Waals surface area contributed by atoms with E-state index >= 15 is 0 Å². The molecule has 1 fully saturated rings. The molecule has 8 N–H and O–H groups in total. The number of Topliss-reactive ketones (excluding diaryl/α,β-unsaturated/α-hetero) is 1. The van der Waals surface area contributed by atoms with E-state index in [2.05, 4.69) is 15.0 Å². The van der Waals surface area contributed by atoms with Crippen molar-refractivity contribution in [3.63, 3.8) is 0 Å². The van der Waals surface area contributed by atoms with Crippen molar-refractivity contribution in [2.45, 2.75) is 49.3 Å². The molecule has 1 saturated heterocycles. The summed E-state index contributed by atoms with van der Waals surface area (Å²) in [5.74, 6) is -0.831. The zero-order valence-electron chi connectivity index (χ0n) is 14.5. The van der Waals surface area contributed by atoms with Gasteiger partial charge in [-0.2, -0.15) is 0 Å². The van der Waals surface area contributed by atoms with Crippen LogP contribution in [0.15, 0.2) is 12.7 Å². The number of fused-ring (bicyclic) bond motifs is 1. The van der Waals surface area contributed by atoms with Gasteiger partial charge in [0.2, 0.25) is 0 Å². The molecule has 13 nitrogen and oxygen atoms in total. The standard InChI is InChI=1S/C15H21N5O8/c16-13-8-14(18-3-17-13)20(4-19-8)15-12(27)11(26)7(28-15)1-5(22)9(24)10(25)6(23)2-21/h3-4,6-7,9-12,15,21,23-27H,1-2H2,(H2,16,17,18)/t6?,7-,9?,10?,11-,12-,15-/m1/s1. The first-order valence-electron chi connectivity index (χ1n) is 8.38. The van der Waals surface area contributed by atoms with Crippen molar-refractivity contribution in [3.8, 4) is 0 Å². The molecule has 1 aliphatic heterocycles. The van der Waals surface area contributed by atoms with Crippen LogP contribution >= 0.6 is 0 Å². The second kappa shape index (κ2) is 8.00. The lowest BCUT2D eigenvalue weighted by Crippen LogP contribution is -2.45. The highest BCUT2D eigenvalue weighted by molar-refractivity contribution is 5.84. The Morgan fingerprint density at radius 2 is 1.93 bits per heavy atom. The first-order valence-corrected chi connectivity index (χ1v) is 8.38. The third-order valence-electron chi connectivity index (χ3n) is 4.64. The van der Waals surface area contributed by atoms with Gasteiger partial charge in [0.1, 0.15) is 42.4 Å². The number of hydrogen-bond acceptors (Lipinski definition) is 12. The second-order valence-corrected chi connectivity index (χ2v) is 6.49. The maximum Gasteiger partial charge on any atom is 0.167 e. The minimum atomic E-state index is -2.00. The summed E-state index contributed by atoms with van der Waals surface area (Å²) in [5.41, 5.74) is 6.22. The summed E-state index contributed by atoms with van der Waals surface area (Å²) >= 11 is 0. The number of aliphatic hydroxyl groups is 6. The molecule has 0 aromatic carbocycles. The largest absolute Gasteiger partial charge is 0.394 e. The first kappa shape index (κ1) is 20.5. The predicted molar refractivity (Wildman–Crippen MR) is 90.4 cm³/mol. The van der Waals surface area contributed by atoms with Crippen molar-refractivity contribution in [2.24, 2.45) is 0 Å². The Morgan fingerprint density at radius 1 is 1.21 bits per heavy atom. The summed E-state index contributed by atoms with van der Waals surface area (Å²) in [6.45, 7) is -0.854. The van der Waals surface area contributed by atoms with Gasteiger partial charge in [-0.1, -0.05) is 0 Å². The molecule has 3 rings (SSSR count). The van der Waals surface area contributed by atoms with Gasteiger partial charge in [0.05, 0.1) is 19.0 Å². The number of rotatable bonds is 7. The zero-order valence-corrected chi connectivity index (χ0v) is 14.5. The summed E-state index contributed by atoms with van der Waals surface area (Å²) in [7, 11) is 0. The van der Waals surface area contributed by atoms with Crippen LogP contribution in [0.4, 0.5) is 5.82 Å². The van der Waals surface area contributed by atoms with Crippen molar-refractivity contribution in [2.75, 3.05) is 12.3 Å². The van der Waals surface area contributed by atoms with Crippen molar-refractivity contribution >= 4 is 22.8 Å². The van der Waals surface area contributed by atoms with Gasteiger partial charge in [-0.05, 0) is 0 Å². The van der Waals surface area contributed by atoms with E-state index in [9.17, 15) is 30.3 Å². The molecule has 0 amide bonds. The van der Waals surface area contributed by atoms with Crippen LogP contribution in [0.5, 0.6) is 0 Å². The fourth-order valence-corrected chi connectivity index (χ4v) is 3.01. The van der Waals surface area contributed by atoms with Gasteiger partial charge >= 0.3 is 0 Å². The van der Waals surface area contributed by atoms with Gasteiger partial charge in [-0.15, -0.1) is 0 Å². The predicted octanol–water partition coefficient (Wildman–Crippen LogP) is -3.94. The smallest absolute Gasteiger partial charge is 0.167 e. The van der Waals surface area contributed by atoms with E-state index in [0.29, 0.717) is 0 Å². The Labute approximate surface area is 157 Å². The molecule has 3 heterocycles. The van der Waals surface area contributed by atoms with Gasteiger partial charge < -0.3 is 41.1 Å². The van der Waals surface area contributed by atoms with E-state index in [1.165, 1.54) is 17.2 Å². The third-order valence-corrected chi connectivity index (χ3v) is 4.64. The molecule has 154 valence electrons. The van der Waals surface area contributed by atoms with Crippen LogP contribution in [-0.4, -0.2) is 99.2 Å². The average Bonchev–Trinajstić information content (AvgIpc) is 3.23. The third kappa shape index (κ3) is 3.56. The number of ketones is 1. The Balaban J connectivity index is 1.75. The molecule has 2 aromatic heterocycles. The lowest BCUT2D eigenvalue weighted by molar-refractivity contribution is -0.144. The highest BCUT2D eigenvalue weighted by Crippen LogP contribution is 2.33. The number of imidazole rings is 1. The van der Waals surface area contributed by atoms with Gasteiger partial charge in [0.25, 0.3) is 0 Å².